The van der Waals surface area contributed by atoms with E-state index in [4.69, 9.17) is 0 Å². The summed E-state index contributed by atoms with van der Waals surface area (Å²) in [6, 6.07) is 20.5. The third kappa shape index (κ3) is 1.58. The largest absolute Gasteiger partial charge is 0.309 e. The molecule has 1 aliphatic carbocycles. The molecule has 2 atom stereocenters. The summed E-state index contributed by atoms with van der Waals surface area (Å²) in [5.41, 5.74) is 4.93. The maximum Gasteiger partial charge on any atom is 0.0418 e. The Bertz CT molecular complexity index is 590. The van der Waals surface area contributed by atoms with Crippen molar-refractivity contribution in [1.29, 1.82) is 0 Å². The fraction of sp³-hybridized carbons (Fsp3) is 0.333. The molecule has 96 valence electrons. The van der Waals surface area contributed by atoms with Crippen molar-refractivity contribution < 1.29 is 0 Å². The normalized spacial score (nSPS) is 28.7. The van der Waals surface area contributed by atoms with E-state index < -0.39 is 0 Å². The molecule has 2 unspecified atom stereocenters. The lowest BCUT2D eigenvalue weighted by atomic mass is 9.73. The first-order valence-corrected chi connectivity index (χ1v) is 7.27. The van der Waals surface area contributed by atoms with Gasteiger partial charge in [-0.25, -0.2) is 0 Å². The average molecular weight is 249 g/mol. The zero-order valence-corrected chi connectivity index (χ0v) is 11.1. The highest BCUT2D eigenvalue weighted by Gasteiger charge is 2.48. The fourth-order valence-corrected chi connectivity index (χ4v) is 4.14. The van der Waals surface area contributed by atoms with E-state index >= 15 is 0 Å². The van der Waals surface area contributed by atoms with Crippen LogP contribution in [0.3, 0.4) is 0 Å². The van der Waals surface area contributed by atoms with E-state index in [1.165, 1.54) is 24.8 Å². The molecule has 1 nitrogen and oxygen atoms in total. The number of benzene rings is 2. The summed E-state index contributed by atoms with van der Waals surface area (Å²) in [6.45, 7) is 1.13. The van der Waals surface area contributed by atoms with Gasteiger partial charge < -0.3 is 5.32 Å². The highest BCUT2D eigenvalue weighted by molar-refractivity contribution is 5.44. The minimum absolute atomic E-state index is 0.331. The zero-order chi connectivity index (χ0) is 12.7. The number of aryl methyl sites for hydroxylation is 1. The predicted molar refractivity (Wildman–Crippen MR) is 78.2 cm³/mol. The molecular formula is C18H19N. The molecule has 19 heavy (non-hydrogen) atoms. The van der Waals surface area contributed by atoms with E-state index in [-0.39, 0.29) is 0 Å². The molecule has 1 aliphatic heterocycles. The maximum atomic E-state index is 3.75. The Morgan fingerprint density at radius 2 is 1.68 bits per heavy atom. The highest BCUT2D eigenvalue weighted by Crippen LogP contribution is 2.52. The van der Waals surface area contributed by atoms with Crippen molar-refractivity contribution in [3.63, 3.8) is 0 Å². The summed E-state index contributed by atoms with van der Waals surface area (Å²) in [5.74, 6) is 0. The molecule has 1 heterocycles. The van der Waals surface area contributed by atoms with E-state index in [1.807, 2.05) is 0 Å². The van der Waals surface area contributed by atoms with Crippen LogP contribution in [-0.4, -0.2) is 6.54 Å². The van der Waals surface area contributed by atoms with E-state index in [9.17, 15) is 0 Å². The first-order chi connectivity index (χ1) is 9.40. The number of hydrogen-bond acceptors (Lipinski definition) is 1. The van der Waals surface area contributed by atoms with E-state index in [2.05, 4.69) is 59.9 Å². The molecule has 0 amide bonds. The second kappa shape index (κ2) is 4.21. The second-order valence-corrected chi connectivity index (χ2v) is 5.86. The maximum absolute atomic E-state index is 3.75. The Morgan fingerprint density at radius 1 is 0.895 bits per heavy atom. The summed E-state index contributed by atoms with van der Waals surface area (Å²) < 4.78 is 0. The van der Waals surface area contributed by atoms with Gasteiger partial charge in [-0.3, -0.25) is 0 Å². The minimum Gasteiger partial charge on any atom is -0.309 e. The van der Waals surface area contributed by atoms with Crippen molar-refractivity contribution in [2.24, 2.45) is 0 Å². The van der Waals surface area contributed by atoms with Gasteiger partial charge in [0.2, 0.25) is 0 Å². The molecule has 2 aromatic carbocycles. The van der Waals surface area contributed by atoms with Crippen LogP contribution >= 0.6 is 0 Å². The van der Waals surface area contributed by atoms with Gasteiger partial charge in [0, 0.05) is 11.5 Å². The fourth-order valence-electron chi connectivity index (χ4n) is 4.14. The van der Waals surface area contributed by atoms with Crippen LogP contribution in [-0.2, 0) is 11.8 Å². The summed E-state index contributed by atoms with van der Waals surface area (Å²) in [4.78, 5) is 0. The number of fused-ring (bicyclic) bond motifs is 2. The summed E-state index contributed by atoms with van der Waals surface area (Å²) in [5, 5.41) is 3.75. The Hall–Kier alpha value is -1.60. The van der Waals surface area contributed by atoms with E-state index in [0.29, 0.717) is 11.5 Å². The first kappa shape index (κ1) is 11.2. The van der Waals surface area contributed by atoms with Crippen molar-refractivity contribution in [3.8, 4) is 0 Å². The van der Waals surface area contributed by atoms with Gasteiger partial charge in [-0.1, -0.05) is 54.6 Å². The third-order valence-electron chi connectivity index (χ3n) is 5.00. The molecular weight excluding hydrogens is 230 g/mol. The zero-order valence-electron chi connectivity index (χ0n) is 11.1. The molecule has 0 aromatic heterocycles. The van der Waals surface area contributed by atoms with Crippen LogP contribution in [0.2, 0.25) is 0 Å². The topological polar surface area (TPSA) is 12.0 Å². The molecule has 1 N–H and O–H groups in total. The van der Waals surface area contributed by atoms with Crippen LogP contribution in [0.1, 0.15) is 35.6 Å². The molecule has 1 fully saturated rings. The number of nitrogens with one attached hydrogen (secondary N) is 1. The highest BCUT2D eigenvalue weighted by atomic mass is 15.0. The first-order valence-electron chi connectivity index (χ1n) is 7.27. The number of hydrogen-bond donors (Lipinski definition) is 1. The van der Waals surface area contributed by atoms with Crippen LogP contribution in [0.4, 0.5) is 0 Å². The van der Waals surface area contributed by atoms with Crippen molar-refractivity contribution in [1.82, 2.24) is 5.32 Å². The van der Waals surface area contributed by atoms with Gasteiger partial charge in [0.05, 0.1) is 0 Å². The molecule has 2 aliphatic rings. The molecule has 0 radical (unpaired) electrons. The van der Waals surface area contributed by atoms with Gasteiger partial charge >= 0.3 is 0 Å². The van der Waals surface area contributed by atoms with Crippen molar-refractivity contribution in [3.05, 3.63) is 71.3 Å². The van der Waals surface area contributed by atoms with Crippen molar-refractivity contribution in [2.45, 2.75) is 30.7 Å². The summed E-state index contributed by atoms with van der Waals surface area (Å²) in [6.07, 6.45) is 3.80. The smallest absolute Gasteiger partial charge is 0.0418 e. The third-order valence-corrected chi connectivity index (χ3v) is 5.00. The molecule has 0 bridgehead atoms. The van der Waals surface area contributed by atoms with Crippen LogP contribution < -0.4 is 5.32 Å². The Balaban J connectivity index is 1.83. The Kier molecular flexibility index (Phi) is 2.49. The minimum atomic E-state index is 0.331. The lowest BCUT2D eigenvalue weighted by Crippen LogP contribution is -2.31. The summed E-state index contributed by atoms with van der Waals surface area (Å²) >= 11 is 0. The summed E-state index contributed by atoms with van der Waals surface area (Å²) in [7, 11) is 0. The van der Waals surface area contributed by atoms with Crippen LogP contribution in [0.5, 0.6) is 0 Å². The quantitative estimate of drug-likeness (QED) is 0.814. The van der Waals surface area contributed by atoms with Gasteiger partial charge in [0.25, 0.3) is 0 Å². The van der Waals surface area contributed by atoms with Gasteiger partial charge in [-0.15, -0.1) is 0 Å². The molecule has 2 aromatic rings. The van der Waals surface area contributed by atoms with E-state index in [1.54, 1.807) is 11.1 Å². The monoisotopic (exact) mass is 249 g/mol. The molecule has 0 saturated carbocycles. The van der Waals surface area contributed by atoms with Crippen LogP contribution in [0.15, 0.2) is 54.6 Å². The van der Waals surface area contributed by atoms with E-state index in [0.717, 1.165) is 6.54 Å². The number of rotatable bonds is 1. The lowest BCUT2D eigenvalue weighted by Gasteiger charge is -2.32. The van der Waals surface area contributed by atoms with Crippen molar-refractivity contribution >= 4 is 0 Å². The second-order valence-electron chi connectivity index (χ2n) is 5.86. The predicted octanol–water partition coefficient (Wildman–Crippen LogP) is 3.61. The average Bonchev–Trinajstić information content (AvgIpc) is 3.07. The lowest BCUT2D eigenvalue weighted by molar-refractivity contribution is 0.374. The van der Waals surface area contributed by atoms with Gasteiger partial charge in [0.1, 0.15) is 0 Å². The molecule has 1 heteroatoms. The van der Waals surface area contributed by atoms with Gasteiger partial charge in [-0.05, 0) is 42.5 Å². The van der Waals surface area contributed by atoms with Crippen molar-refractivity contribution in [2.75, 3.05) is 6.54 Å². The van der Waals surface area contributed by atoms with Crippen LogP contribution in [0, 0.1) is 0 Å². The molecule has 1 spiro atoms. The van der Waals surface area contributed by atoms with Crippen LogP contribution in [0.25, 0.3) is 0 Å². The molecule has 4 rings (SSSR count). The Labute approximate surface area is 114 Å². The van der Waals surface area contributed by atoms with Gasteiger partial charge in [-0.2, -0.15) is 0 Å². The molecule has 1 saturated heterocycles. The Morgan fingerprint density at radius 3 is 2.58 bits per heavy atom. The standard InChI is InChI=1S/C18H19N/c1-2-7-15(8-3-1)17-18(12-13-19-17)11-10-14-6-4-5-9-16(14)18/h1-9,17,19H,10-13H2. The SMILES string of the molecule is c1ccc(C2NCCC23CCc2ccccc23)cc1. The van der Waals surface area contributed by atoms with Gasteiger partial charge in [0.15, 0.2) is 0 Å².